The van der Waals surface area contributed by atoms with E-state index in [0.717, 1.165) is 43.2 Å². The van der Waals surface area contributed by atoms with Crippen LogP contribution in [0.5, 0.6) is 5.88 Å². The second kappa shape index (κ2) is 10.9. The summed E-state index contributed by atoms with van der Waals surface area (Å²) in [6.45, 7) is 7.48. The molecular weight excluding hydrogens is 485 g/mol. The van der Waals surface area contributed by atoms with E-state index in [4.69, 9.17) is 14.5 Å². The number of carbonyl (C=O) groups excluding carboxylic acids is 1. The van der Waals surface area contributed by atoms with E-state index >= 15 is 0 Å². The Hall–Kier alpha value is -2.55. The Morgan fingerprint density at radius 1 is 1.24 bits per heavy atom. The Balaban J connectivity index is 1.31. The minimum Gasteiger partial charge on any atom is -0.471 e. The first-order valence-corrected chi connectivity index (χ1v) is 13.8. The minimum atomic E-state index is -0.863. The zero-order chi connectivity index (χ0) is 26.9. The molecule has 1 amide bonds. The van der Waals surface area contributed by atoms with Crippen LogP contribution >= 0.6 is 0 Å². The Morgan fingerprint density at radius 2 is 1.97 bits per heavy atom. The van der Waals surface area contributed by atoms with Gasteiger partial charge < -0.3 is 25.2 Å². The van der Waals surface area contributed by atoms with E-state index in [1.54, 1.807) is 12.1 Å². The molecule has 3 N–H and O–H groups in total. The van der Waals surface area contributed by atoms with Crippen molar-refractivity contribution < 1.29 is 23.8 Å². The Labute approximate surface area is 224 Å². The van der Waals surface area contributed by atoms with Gasteiger partial charge in [-0.05, 0) is 66.8 Å². The maximum absolute atomic E-state index is 13.5. The van der Waals surface area contributed by atoms with Crippen molar-refractivity contribution in [2.24, 2.45) is 5.41 Å². The summed E-state index contributed by atoms with van der Waals surface area (Å²) in [4.78, 5) is 17.4. The monoisotopic (exact) mass is 525 g/mol. The number of aliphatic hydroxyl groups is 1. The predicted molar refractivity (Wildman–Crippen MR) is 142 cm³/mol. The van der Waals surface area contributed by atoms with Crippen LogP contribution in [-0.2, 0) is 22.4 Å². The zero-order valence-electron chi connectivity index (χ0n) is 22.6. The Bertz CT molecular complexity index is 1130. The lowest BCUT2D eigenvalue weighted by Gasteiger charge is -2.47. The van der Waals surface area contributed by atoms with Crippen LogP contribution in [-0.4, -0.2) is 53.0 Å². The van der Waals surface area contributed by atoms with Gasteiger partial charge in [0.2, 0.25) is 11.8 Å². The zero-order valence-corrected chi connectivity index (χ0v) is 22.6. The predicted octanol–water partition coefficient (Wildman–Crippen LogP) is 4.02. The average Bonchev–Trinajstić information content (AvgIpc) is 2.80. The highest BCUT2D eigenvalue weighted by Gasteiger charge is 2.46. The summed E-state index contributed by atoms with van der Waals surface area (Å²) in [6, 6.07) is 7.79. The second-order valence-electron chi connectivity index (χ2n) is 12.4. The number of aromatic nitrogens is 1. The number of ether oxygens (including phenoxy) is 2. The summed E-state index contributed by atoms with van der Waals surface area (Å²) in [5.41, 5.74) is 2.97. The van der Waals surface area contributed by atoms with Gasteiger partial charge >= 0.3 is 0 Å². The lowest BCUT2D eigenvalue weighted by Crippen LogP contribution is -2.54. The molecule has 1 aromatic heterocycles. The maximum atomic E-state index is 13.5. The van der Waals surface area contributed by atoms with Crippen LogP contribution < -0.4 is 15.4 Å². The van der Waals surface area contributed by atoms with Gasteiger partial charge in [-0.1, -0.05) is 32.9 Å². The molecule has 3 aliphatic rings. The number of nitrogens with one attached hydrogen (secondary N) is 2. The van der Waals surface area contributed by atoms with E-state index in [0.29, 0.717) is 25.3 Å². The molecule has 0 radical (unpaired) electrons. The molecule has 1 saturated heterocycles. The number of benzene rings is 1. The molecule has 38 heavy (non-hydrogen) atoms. The van der Waals surface area contributed by atoms with Gasteiger partial charge in [-0.15, -0.1) is 0 Å². The fraction of sp³-hybridized carbons (Fsp3) is 0.600. The number of rotatable bonds is 9. The molecule has 206 valence electrons. The molecule has 4 atom stereocenters. The second-order valence-corrected chi connectivity index (χ2v) is 12.4. The number of aliphatic hydroxyl groups excluding tert-OH is 1. The molecular formula is C30H40FN3O4. The maximum Gasteiger partial charge on any atom is 0.249 e. The number of hydrogen-bond donors (Lipinski definition) is 3. The number of pyridine rings is 1. The standard InChI is InChI=1S/C30H40FN3O4/c1-29(2,3)15-20-13-22-24(16-30(10-4-11-30)38-28(22)33-17-20)32-18-25(35)23(34-27(36)26-9-12-37-26)14-19-5-7-21(31)8-6-19/h5-8,13,17,23-26,32,35H,4,9-12,14-16,18H2,1-3H3,(H,34,36)/t23-,24-,25-,26+/m0/s1. The molecule has 1 aliphatic carbocycles. The van der Waals surface area contributed by atoms with Crippen LogP contribution in [0, 0.1) is 11.2 Å². The fourth-order valence-corrected chi connectivity index (χ4v) is 5.63. The first kappa shape index (κ1) is 27.0. The summed E-state index contributed by atoms with van der Waals surface area (Å²) in [6.07, 6.45) is 6.51. The van der Waals surface area contributed by atoms with Crippen molar-refractivity contribution in [3.05, 3.63) is 59.0 Å². The normalized spacial score (nSPS) is 23.4. The number of carbonyl (C=O) groups is 1. The summed E-state index contributed by atoms with van der Waals surface area (Å²) < 4.78 is 25.2. The van der Waals surface area contributed by atoms with Gasteiger partial charge in [-0.2, -0.15) is 0 Å². The van der Waals surface area contributed by atoms with Gasteiger partial charge in [0.05, 0.1) is 18.8 Å². The van der Waals surface area contributed by atoms with E-state index in [-0.39, 0.29) is 35.3 Å². The molecule has 1 saturated carbocycles. The van der Waals surface area contributed by atoms with E-state index in [2.05, 4.69) is 37.5 Å². The van der Waals surface area contributed by atoms with Crippen molar-refractivity contribution in [3.63, 3.8) is 0 Å². The van der Waals surface area contributed by atoms with Gasteiger partial charge in [0, 0.05) is 37.2 Å². The summed E-state index contributed by atoms with van der Waals surface area (Å²) in [5.74, 6) is 0.143. The third-order valence-corrected chi connectivity index (χ3v) is 7.93. The lowest BCUT2D eigenvalue weighted by atomic mass is 9.73. The molecule has 5 rings (SSSR count). The fourth-order valence-electron chi connectivity index (χ4n) is 5.63. The van der Waals surface area contributed by atoms with Gasteiger partial charge in [0.15, 0.2) is 0 Å². The quantitative estimate of drug-likeness (QED) is 0.458. The van der Waals surface area contributed by atoms with Crippen LogP contribution in [0.4, 0.5) is 4.39 Å². The van der Waals surface area contributed by atoms with Crippen molar-refractivity contribution in [2.75, 3.05) is 13.2 Å². The molecule has 1 aromatic carbocycles. The number of nitrogens with zero attached hydrogens (tertiary/aromatic N) is 1. The van der Waals surface area contributed by atoms with Crippen LogP contribution in [0.1, 0.15) is 75.6 Å². The number of hydrogen-bond acceptors (Lipinski definition) is 6. The third-order valence-electron chi connectivity index (χ3n) is 7.93. The number of amides is 1. The van der Waals surface area contributed by atoms with Crippen molar-refractivity contribution in [2.45, 2.75) is 95.6 Å². The highest BCUT2D eigenvalue weighted by molar-refractivity contribution is 5.81. The third kappa shape index (κ3) is 6.35. The molecule has 0 unspecified atom stereocenters. The minimum absolute atomic E-state index is 0.0155. The Kier molecular flexibility index (Phi) is 7.76. The molecule has 3 heterocycles. The lowest BCUT2D eigenvalue weighted by molar-refractivity contribution is -0.146. The van der Waals surface area contributed by atoms with E-state index in [1.807, 2.05) is 6.20 Å². The van der Waals surface area contributed by atoms with Crippen LogP contribution in [0.3, 0.4) is 0 Å². The highest BCUT2D eigenvalue weighted by atomic mass is 19.1. The first-order valence-electron chi connectivity index (χ1n) is 13.8. The van der Waals surface area contributed by atoms with Gasteiger partial charge in [0.25, 0.3) is 0 Å². The van der Waals surface area contributed by atoms with Crippen LogP contribution in [0.2, 0.25) is 0 Å². The molecule has 1 spiro atoms. The largest absolute Gasteiger partial charge is 0.471 e. The van der Waals surface area contributed by atoms with Crippen molar-refractivity contribution >= 4 is 5.91 Å². The SMILES string of the molecule is CC(C)(C)Cc1cnc2c(c1)[C@@H](NC[C@H](O)[C@H](Cc1ccc(F)cc1)NC(=O)[C@H]1CCO1)CC1(CCC1)O2. The molecule has 2 aliphatic heterocycles. The smallest absolute Gasteiger partial charge is 0.249 e. The van der Waals surface area contributed by atoms with E-state index in [9.17, 15) is 14.3 Å². The molecule has 0 bridgehead atoms. The van der Waals surface area contributed by atoms with E-state index in [1.165, 1.54) is 17.7 Å². The number of halogens is 1. The van der Waals surface area contributed by atoms with Gasteiger partial charge in [0.1, 0.15) is 17.5 Å². The summed E-state index contributed by atoms with van der Waals surface area (Å²) in [5, 5.41) is 17.9. The first-order chi connectivity index (χ1) is 18.1. The van der Waals surface area contributed by atoms with Crippen LogP contribution in [0.25, 0.3) is 0 Å². The highest BCUT2D eigenvalue weighted by Crippen LogP contribution is 2.48. The van der Waals surface area contributed by atoms with Gasteiger partial charge in [-0.3, -0.25) is 4.79 Å². The van der Waals surface area contributed by atoms with Crippen molar-refractivity contribution in [1.29, 1.82) is 0 Å². The molecule has 2 aromatic rings. The van der Waals surface area contributed by atoms with Crippen molar-refractivity contribution in [3.8, 4) is 5.88 Å². The molecule has 7 nitrogen and oxygen atoms in total. The topological polar surface area (TPSA) is 92.7 Å². The number of fused-ring (bicyclic) bond motifs is 1. The van der Waals surface area contributed by atoms with Crippen molar-refractivity contribution in [1.82, 2.24) is 15.6 Å². The average molecular weight is 526 g/mol. The Morgan fingerprint density at radius 3 is 2.58 bits per heavy atom. The molecule has 8 heteroatoms. The van der Waals surface area contributed by atoms with Crippen LogP contribution in [0.15, 0.2) is 36.5 Å². The van der Waals surface area contributed by atoms with Gasteiger partial charge in [-0.25, -0.2) is 9.37 Å². The summed E-state index contributed by atoms with van der Waals surface area (Å²) >= 11 is 0. The van der Waals surface area contributed by atoms with E-state index < -0.39 is 18.2 Å². The summed E-state index contributed by atoms with van der Waals surface area (Å²) in [7, 11) is 0. The molecule has 2 fully saturated rings.